The molecule has 16 heavy (non-hydrogen) atoms. The van der Waals surface area contributed by atoms with Crippen molar-refractivity contribution in [3.05, 3.63) is 33.8 Å². The Bertz CT molecular complexity index is 377. The summed E-state index contributed by atoms with van der Waals surface area (Å²) in [7, 11) is 0. The number of hydrogen-bond acceptors (Lipinski definition) is 2. The van der Waals surface area contributed by atoms with Gasteiger partial charge in [0.25, 0.3) is 0 Å². The first kappa shape index (κ1) is 13.9. The summed E-state index contributed by atoms with van der Waals surface area (Å²) in [5.41, 5.74) is 0.848. The fraction of sp³-hybridized carbons (Fsp3) is 0.417. The fourth-order valence-electron chi connectivity index (χ4n) is 1.19. The van der Waals surface area contributed by atoms with E-state index in [0.717, 1.165) is 5.56 Å². The maximum absolute atomic E-state index is 11.6. The number of carbonyl (C=O) groups is 1. The van der Waals surface area contributed by atoms with Crippen LogP contribution in [-0.2, 0) is 11.2 Å². The van der Waals surface area contributed by atoms with Gasteiger partial charge in [-0.05, 0) is 22.9 Å². The zero-order valence-corrected chi connectivity index (χ0v) is 11.6. The molecule has 0 fully saturated rings. The van der Waals surface area contributed by atoms with Gasteiger partial charge < -0.3 is 0 Å². The quantitative estimate of drug-likeness (QED) is 0.800. The molecule has 0 saturated heterocycles. The van der Waals surface area contributed by atoms with Crippen molar-refractivity contribution in [3.8, 4) is 0 Å². The van der Waals surface area contributed by atoms with E-state index < -0.39 is 0 Å². The van der Waals surface area contributed by atoms with E-state index in [9.17, 15) is 4.79 Å². The second-order valence-corrected chi connectivity index (χ2v) is 6.22. The summed E-state index contributed by atoms with van der Waals surface area (Å²) in [5, 5.41) is 1.64. The number of thioether (sulfide) groups is 1. The van der Waals surface area contributed by atoms with Gasteiger partial charge in [0.15, 0.2) is 0 Å². The standard InChI is InChI=1S/C12H14Cl2OS/c1-8(2)16-7-11(15)5-9-3-4-10(13)6-12(9)14/h3-4,6,8H,5,7H2,1-2H3. The molecule has 1 aromatic carbocycles. The van der Waals surface area contributed by atoms with E-state index >= 15 is 0 Å². The minimum absolute atomic E-state index is 0.197. The minimum Gasteiger partial charge on any atom is -0.298 e. The smallest absolute Gasteiger partial charge is 0.147 e. The number of ketones is 1. The maximum Gasteiger partial charge on any atom is 0.147 e. The molecule has 0 N–H and O–H groups in total. The van der Waals surface area contributed by atoms with E-state index in [2.05, 4.69) is 13.8 Å². The Labute approximate surface area is 111 Å². The monoisotopic (exact) mass is 276 g/mol. The first-order chi connectivity index (χ1) is 7.49. The molecular formula is C12H14Cl2OS. The molecule has 0 heterocycles. The van der Waals surface area contributed by atoms with Crippen molar-refractivity contribution < 1.29 is 4.79 Å². The highest BCUT2D eigenvalue weighted by atomic mass is 35.5. The molecule has 0 aromatic heterocycles. The average Bonchev–Trinajstić information content (AvgIpc) is 2.19. The Hall–Kier alpha value is -0.180. The van der Waals surface area contributed by atoms with E-state index in [1.54, 1.807) is 23.9 Å². The van der Waals surface area contributed by atoms with Crippen LogP contribution in [0.4, 0.5) is 0 Å². The minimum atomic E-state index is 0.197. The highest BCUT2D eigenvalue weighted by molar-refractivity contribution is 8.00. The summed E-state index contributed by atoms with van der Waals surface area (Å²) < 4.78 is 0. The van der Waals surface area contributed by atoms with Crippen LogP contribution in [0.3, 0.4) is 0 Å². The lowest BCUT2D eigenvalue weighted by Gasteiger charge is -2.06. The molecular weight excluding hydrogens is 263 g/mol. The van der Waals surface area contributed by atoms with Gasteiger partial charge in [0, 0.05) is 16.5 Å². The Kier molecular flexibility index (Phi) is 5.67. The molecule has 0 saturated carbocycles. The Morgan fingerprint density at radius 1 is 1.38 bits per heavy atom. The maximum atomic E-state index is 11.6. The van der Waals surface area contributed by atoms with Crippen LogP contribution in [0.25, 0.3) is 0 Å². The van der Waals surface area contributed by atoms with Crippen LogP contribution in [0.2, 0.25) is 10.0 Å². The molecule has 0 aliphatic carbocycles. The first-order valence-corrected chi connectivity index (χ1v) is 6.86. The van der Waals surface area contributed by atoms with E-state index in [-0.39, 0.29) is 5.78 Å². The van der Waals surface area contributed by atoms with Gasteiger partial charge in [0.1, 0.15) is 5.78 Å². The summed E-state index contributed by atoms with van der Waals surface area (Å²) in [5.74, 6) is 0.735. The van der Waals surface area contributed by atoms with Crippen molar-refractivity contribution in [1.29, 1.82) is 0 Å². The zero-order chi connectivity index (χ0) is 12.1. The van der Waals surface area contributed by atoms with Crippen LogP contribution in [0.1, 0.15) is 19.4 Å². The van der Waals surface area contributed by atoms with Crippen LogP contribution in [0.5, 0.6) is 0 Å². The SMILES string of the molecule is CC(C)SCC(=O)Cc1ccc(Cl)cc1Cl. The van der Waals surface area contributed by atoms with Gasteiger partial charge in [-0.1, -0.05) is 43.1 Å². The van der Waals surface area contributed by atoms with Crippen LogP contribution >= 0.6 is 35.0 Å². The molecule has 1 nitrogen and oxygen atoms in total. The van der Waals surface area contributed by atoms with Crippen LogP contribution in [0, 0.1) is 0 Å². The van der Waals surface area contributed by atoms with Gasteiger partial charge in [-0.25, -0.2) is 0 Å². The molecule has 88 valence electrons. The number of halogens is 2. The molecule has 0 aliphatic heterocycles. The lowest BCUT2D eigenvalue weighted by Crippen LogP contribution is -2.08. The van der Waals surface area contributed by atoms with Gasteiger partial charge >= 0.3 is 0 Å². The molecule has 0 unspecified atom stereocenters. The van der Waals surface area contributed by atoms with Gasteiger partial charge in [0.05, 0.1) is 5.75 Å². The number of Topliss-reactive ketones (excluding diaryl/α,β-unsaturated/α-hetero) is 1. The van der Waals surface area contributed by atoms with Crippen molar-refractivity contribution in [2.45, 2.75) is 25.5 Å². The number of rotatable bonds is 5. The van der Waals surface area contributed by atoms with E-state index in [1.165, 1.54) is 0 Å². The summed E-state index contributed by atoms with van der Waals surface area (Å²) in [6.07, 6.45) is 0.385. The molecule has 0 spiro atoms. The first-order valence-electron chi connectivity index (χ1n) is 5.06. The molecule has 1 aromatic rings. The van der Waals surface area contributed by atoms with Gasteiger partial charge in [-0.3, -0.25) is 4.79 Å². The molecule has 0 atom stereocenters. The lowest BCUT2D eigenvalue weighted by atomic mass is 10.1. The van der Waals surface area contributed by atoms with E-state index in [1.807, 2.05) is 6.07 Å². The van der Waals surface area contributed by atoms with Gasteiger partial charge in [-0.2, -0.15) is 11.8 Å². The summed E-state index contributed by atoms with van der Waals surface area (Å²) in [6.45, 7) is 4.15. The fourth-order valence-corrected chi connectivity index (χ4v) is 2.28. The van der Waals surface area contributed by atoms with Crippen molar-refractivity contribution in [2.24, 2.45) is 0 Å². The number of carbonyl (C=O) groups excluding carboxylic acids is 1. The van der Waals surface area contributed by atoms with Crippen molar-refractivity contribution >= 4 is 40.7 Å². The largest absolute Gasteiger partial charge is 0.298 e. The predicted molar refractivity (Wildman–Crippen MR) is 72.8 cm³/mol. The summed E-state index contributed by atoms with van der Waals surface area (Å²) in [6, 6.07) is 5.23. The molecule has 0 amide bonds. The van der Waals surface area contributed by atoms with Gasteiger partial charge in [0.2, 0.25) is 0 Å². The summed E-state index contributed by atoms with van der Waals surface area (Å²) >= 11 is 13.4. The van der Waals surface area contributed by atoms with Gasteiger partial charge in [-0.15, -0.1) is 0 Å². The molecule has 0 aliphatic rings. The molecule has 1 rings (SSSR count). The van der Waals surface area contributed by atoms with Crippen molar-refractivity contribution in [1.82, 2.24) is 0 Å². The van der Waals surface area contributed by atoms with Crippen LogP contribution in [-0.4, -0.2) is 16.8 Å². The molecule has 0 radical (unpaired) electrons. The second kappa shape index (κ2) is 6.53. The zero-order valence-electron chi connectivity index (χ0n) is 9.30. The highest BCUT2D eigenvalue weighted by Gasteiger charge is 2.08. The lowest BCUT2D eigenvalue weighted by molar-refractivity contribution is -0.116. The number of hydrogen-bond donors (Lipinski definition) is 0. The van der Waals surface area contributed by atoms with Crippen LogP contribution in [0.15, 0.2) is 18.2 Å². The Balaban J connectivity index is 2.56. The van der Waals surface area contributed by atoms with E-state index in [0.29, 0.717) is 27.5 Å². The Morgan fingerprint density at radius 2 is 2.06 bits per heavy atom. The average molecular weight is 277 g/mol. The van der Waals surface area contributed by atoms with E-state index in [4.69, 9.17) is 23.2 Å². The third-order valence-corrected chi connectivity index (χ3v) is 3.72. The third-order valence-electron chi connectivity index (χ3n) is 1.98. The molecule has 0 bridgehead atoms. The Morgan fingerprint density at radius 3 is 2.62 bits per heavy atom. The highest BCUT2D eigenvalue weighted by Crippen LogP contribution is 2.22. The summed E-state index contributed by atoms with van der Waals surface area (Å²) in [4.78, 5) is 11.6. The van der Waals surface area contributed by atoms with Crippen LogP contribution < -0.4 is 0 Å². The second-order valence-electron chi connectivity index (χ2n) is 3.81. The molecule has 4 heteroatoms. The topological polar surface area (TPSA) is 17.1 Å². The number of benzene rings is 1. The third kappa shape index (κ3) is 4.77. The van der Waals surface area contributed by atoms with Crippen molar-refractivity contribution in [2.75, 3.05) is 5.75 Å². The normalized spacial score (nSPS) is 10.8. The van der Waals surface area contributed by atoms with Crippen molar-refractivity contribution in [3.63, 3.8) is 0 Å². The predicted octanol–water partition coefficient (Wildman–Crippen LogP) is 4.25.